The fourth-order valence-corrected chi connectivity index (χ4v) is 2.98. The number of carbonyl (C=O) groups is 2. The van der Waals surface area contributed by atoms with E-state index in [4.69, 9.17) is 0 Å². The molecule has 19 heavy (non-hydrogen) atoms. The highest BCUT2D eigenvalue weighted by Crippen LogP contribution is 2.24. The Balaban J connectivity index is 2.65. The molecule has 1 fully saturated rings. The number of nitrogens with one attached hydrogen (secondary N) is 1. The fourth-order valence-electron chi connectivity index (χ4n) is 2.98. The topological polar surface area (TPSA) is 46.2 Å². The van der Waals surface area contributed by atoms with Crippen LogP contribution in [0.4, 0.5) is 0 Å². The quantitative estimate of drug-likeness (QED) is 0.854. The third-order valence-electron chi connectivity index (χ3n) is 4.14. The molecule has 0 aromatic rings. The first-order valence-electron chi connectivity index (χ1n) is 7.89. The molecule has 0 saturated carbocycles. The second-order valence-corrected chi connectivity index (χ2v) is 5.85. The summed E-state index contributed by atoms with van der Waals surface area (Å²) < 4.78 is 0. The van der Waals surface area contributed by atoms with Crippen LogP contribution in [-0.4, -0.2) is 24.7 Å². The van der Waals surface area contributed by atoms with Gasteiger partial charge in [-0.05, 0) is 52.1 Å². The first-order valence-corrected chi connectivity index (χ1v) is 7.89. The summed E-state index contributed by atoms with van der Waals surface area (Å²) in [5.74, 6) is 0.648. The molecule has 0 radical (unpaired) electrons. The molecule has 1 saturated heterocycles. The summed E-state index contributed by atoms with van der Waals surface area (Å²) in [6, 6.07) is 0. The second kappa shape index (κ2) is 9.24. The van der Waals surface area contributed by atoms with Gasteiger partial charge in [-0.3, -0.25) is 4.79 Å². The van der Waals surface area contributed by atoms with Gasteiger partial charge in [0.1, 0.15) is 11.6 Å². The predicted octanol–water partition coefficient (Wildman–Crippen LogP) is 3.12. The van der Waals surface area contributed by atoms with Gasteiger partial charge in [0, 0.05) is 18.3 Å². The van der Waals surface area contributed by atoms with Gasteiger partial charge in [0.2, 0.25) is 0 Å². The predicted molar refractivity (Wildman–Crippen MR) is 78.1 cm³/mol. The van der Waals surface area contributed by atoms with Crippen molar-refractivity contribution >= 4 is 11.6 Å². The van der Waals surface area contributed by atoms with Crippen LogP contribution in [0.5, 0.6) is 0 Å². The minimum Gasteiger partial charge on any atom is -0.317 e. The van der Waals surface area contributed by atoms with Crippen molar-refractivity contribution in [3.05, 3.63) is 0 Å². The van der Waals surface area contributed by atoms with E-state index in [1.165, 1.54) is 0 Å². The van der Waals surface area contributed by atoms with Crippen LogP contribution < -0.4 is 5.32 Å². The van der Waals surface area contributed by atoms with Crippen LogP contribution in [0.2, 0.25) is 0 Å². The average molecular weight is 267 g/mol. The molecule has 1 N–H and O–H groups in total. The van der Waals surface area contributed by atoms with E-state index in [0.29, 0.717) is 12.2 Å². The molecule has 1 heterocycles. The molecule has 0 bridgehead atoms. The van der Waals surface area contributed by atoms with E-state index in [2.05, 4.69) is 12.2 Å². The lowest BCUT2D eigenvalue weighted by atomic mass is 9.82. The van der Waals surface area contributed by atoms with Gasteiger partial charge in [-0.25, -0.2) is 0 Å². The molecule has 0 aliphatic carbocycles. The molecular formula is C16H29NO2. The van der Waals surface area contributed by atoms with Crippen LogP contribution in [0.3, 0.4) is 0 Å². The molecule has 1 aliphatic rings. The number of hydrogen-bond donors (Lipinski definition) is 1. The maximum atomic E-state index is 12.6. The second-order valence-electron chi connectivity index (χ2n) is 5.85. The molecule has 0 spiro atoms. The minimum atomic E-state index is -0.0260. The molecule has 2 atom stereocenters. The van der Waals surface area contributed by atoms with Crippen LogP contribution in [0.15, 0.2) is 0 Å². The molecule has 1 rings (SSSR count). The third-order valence-corrected chi connectivity index (χ3v) is 4.14. The minimum absolute atomic E-state index is 0.0260. The number of hydrogen-bond acceptors (Lipinski definition) is 3. The Kier molecular flexibility index (Phi) is 7.96. The smallest absolute Gasteiger partial charge is 0.139 e. The molecule has 1 unspecified atom stereocenters. The van der Waals surface area contributed by atoms with Crippen LogP contribution in [0, 0.1) is 11.8 Å². The van der Waals surface area contributed by atoms with Crippen molar-refractivity contribution in [1.29, 1.82) is 0 Å². The lowest BCUT2D eigenvalue weighted by Gasteiger charge is -2.22. The zero-order chi connectivity index (χ0) is 14.1. The van der Waals surface area contributed by atoms with Crippen LogP contribution >= 0.6 is 0 Å². The lowest BCUT2D eigenvalue weighted by molar-refractivity contribution is -0.130. The molecule has 0 aromatic carbocycles. The Hall–Kier alpha value is -0.700. The number of carbonyl (C=O) groups excluding carboxylic acids is 2. The fraction of sp³-hybridized carbons (Fsp3) is 0.875. The van der Waals surface area contributed by atoms with E-state index in [1.54, 1.807) is 6.92 Å². The number of Topliss-reactive ketones (excluding diaryl/α,β-unsaturated/α-hetero) is 2. The molecule has 3 heteroatoms. The summed E-state index contributed by atoms with van der Waals surface area (Å²) in [7, 11) is 0. The highest BCUT2D eigenvalue weighted by molar-refractivity contribution is 5.88. The zero-order valence-corrected chi connectivity index (χ0v) is 12.5. The Morgan fingerprint density at radius 3 is 2.21 bits per heavy atom. The van der Waals surface area contributed by atoms with E-state index in [0.717, 1.165) is 58.0 Å². The molecule has 1 aliphatic heterocycles. The van der Waals surface area contributed by atoms with Gasteiger partial charge in [0.05, 0.1) is 0 Å². The Morgan fingerprint density at radius 1 is 1.11 bits per heavy atom. The zero-order valence-electron chi connectivity index (χ0n) is 12.5. The van der Waals surface area contributed by atoms with Gasteiger partial charge >= 0.3 is 0 Å². The summed E-state index contributed by atoms with van der Waals surface area (Å²) in [6.45, 7) is 5.81. The van der Waals surface area contributed by atoms with Crippen molar-refractivity contribution in [2.45, 2.75) is 65.2 Å². The maximum absolute atomic E-state index is 12.6. The lowest BCUT2D eigenvalue weighted by Crippen LogP contribution is -2.26. The van der Waals surface area contributed by atoms with Crippen molar-refractivity contribution in [2.24, 2.45) is 11.8 Å². The van der Waals surface area contributed by atoms with Crippen molar-refractivity contribution in [3.8, 4) is 0 Å². The van der Waals surface area contributed by atoms with E-state index >= 15 is 0 Å². The molecule has 3 nitrogen and oxygen atoms in total. The summed E-state index contributed by atoms with van der Waals surface area (Å²) in [4.78, 5) is 23.9. The summed E-state index contributed by atoms with van der Waals surface area (Å²) >= 11 is 0. The summed E-state index contributed by atoms with van der Waals surface area (Å²) in [5.41, 5.74) is 0. The Morgan fingerprint density at radius 2 is 1.68 bits per heavy atom. The summed E-state index contributed by atoms with van der Waals surface area (Å²) in [5, 5.41) is 3.45. The van der Waals surface area contributed by atoms with E-state index in [-0.39, 0.29) is 17.6 Å². The first-order chi connectivity index (χ1) is 9.15. The van der Waals surface area contributed by atoms with E-state index < -0.39 is 0 Å². The van der Waals surface area contributed by atoms with Crippen molar-refractivity contribution in [2.75, 3.05) is 13.1 Å². The standard InChI is InChI=1S/C16H29NO2/c1-3-14-8-4-6-10-17-11-7-5-9-15(16(14)19)12-13(2)18/h14-15,17H,3-12H2,1-2H3/t14-,15?/m0/s1. The normalized spacial score (nSPS) is 27.4. The van der Waals surface area contributed by atoms with Gasteiger partial charge in [-0.2, -0.15) is 0 Å². The van der Waals surface area contributed by atoms with Gasteiger partial charge in [0.15, 0.2) is 0 Å². The maximum Gasteiger partial charge on any atom is 0.139 e. The Bertz CT molecular complexity index is 288. The molecular weight excluding hydrogens is 238 g/mol. The van der Waals surface area contributed by atoms with Gasteiger partial charge in [0.25, 0.3) is 0 Å². The van der Waals surface area contributed by atoms with Crippen molar-refractivity contribution in [1.82, 2.24) is 5.32 Å². The average Bonchev–Trinajstić information content (AvgIpc) is 2.37. The molecule has 0 aromatic heterocycles. The largest absolute Gasteiger partial charge is 0.317 e. The highest BCUT2D eigenvalue weighted by atomic mass is 16.1. The highest BCUT2D eigenvalue weighted by Gasteiger charge is 2.26. The van der Waals surface area contributed by atoms with Crippen molar-refractivity contribution < 1.29 is 9.59 Å². The monoisotopic (exact) mass is 267 g/mol. The van der Waals surface area contributed by atoms with Gasteiger partial charge in [-0.1, -0.05) is 19.8 Å². The molecule has 0 amide bonds. The van der Waals surface area contributed by atoms with Crippen molar-refractivity contribution in [3.63, 3.8) is 0 Å². The summed E-state index contributed by atoms with van der Waals surface area (Å²) in [6.07, 6.45) is 7.67. The van der Waals surface area contributed by atoms with Crippen LogP contribution in [0.25, 0.3) is 0 Å². The van der Waals surface area contributed by atoms with Crippen LogP contribution in [-0.2, 0) is 9.59 Å². The SMILES string of the molecule is CC[C@H]1CCCCNCCCCC(CC(C)=O)C1=O. The van der Waals surface area contributed by atoms with E-state index in [1.807, 2.05) is 0 Å². The number of ketones is 2. The van der Waals surface area contributed by atoms with E-state index in [9.17, 15) is 9.59 Å². The first kappa shape index (κ1) is 16.4. The van der Waals surface area contributed by atoms with Gasteiger partial charge < -0.3 is 10.1 Å². The Labute approximate surface area is 117 Å². The van der Waals surface area contributed by atoms with Gasteiger partial charge in [-0.15, -0.1) is 0 Å². The molecule has 110 valence electrons. The van der Waals surface area contributed by atoms with Crippen LogP contribution in [0.1, 0.15) is 65.2 Å². The number of rotatable bonds is 3. The third kappa shape index (κ3) is 6.33.